The summed E-state index contributed by atoms with van der Waals surface area (Å²) in [5.41, 5.74) is 3.03. The van der Waals surface area contributed by atoms with Crippen LogP contribution in [-0.4, -0.2) is 30.5 Å². The fourth-order valence-corrected chi connectivity index (χ4v) is 3.95. The van der Waals surface area contributed by atoms with E-state index in [-0.39, 0.29) is 34.4 Å². The van der Waals surface area contributed by atoms with Crippen LogP contribution in [0.15, 0.2) is 54.6 Å². The molecule has 4 rings (SSSR count). The van der Waals surface area contributed by atoms with E-state index in [9.17, 15) is 32.8 Å². The molecule has 1 fully saturated rings. The molecule has 0 bridgehead atoms. The van der Waals surface area contributed by atoms with Gasteiger partial charge in [-0.15, -0.1) is 0 Å². The Bertz CT molecular complexity index is 1250. The molecule has 2 N–H and O–H groups in total. The average molecular weight is 484 g/mol. The zero-order chi connectivity index (χ0) is 25.2. The number of anilines is 2. The fourth-order valence-electron chi connectivity index (χ4n) is 3.95. The van der Waals surface area contributed by atoms with Gasteiger partial charge in [-0.05, 0) is 49.2 Å². The summed E-state index contributed by atoms with van der Waals surface area (Å²) in [7, 11) is 0. The molecule has 8 nitrogen and oxygen atoms in total. The number of hydrazine groups is 1. The molecule has 2 aliphatic rings. The Hall–Kier alpha value is -4.33. The number of rotatable bonds is 5. The van der Waals surface area contributed by atoms with Crippen LogP contribution in [0.5, 0.6) is 5.75 Å². The highest BCUT2D eigenvalue weighted by atomic mass is 19.4. The van der Waals surface area contributed by atoms with Crippen LogP contribution >= 0.6 is 0 Å². The third-order valence-electron chi connectivity index (χ3n) is 5.64. The first-order chi connectivity index (χ1) is 16.7. The lowest BCUT2D eigenvalue weighted by Gasteiger charge is -2.38. The van der Waals surface area contributed by atoms with Gasteiger partial charge in [-0.2, -0.15) is 18.4 Å². The second-order valence-electron chi connectivity index (χ2n) is 8.04. The predicted molar refractivity (Wildman–Crippen MR) is 118 cm³/mol. The van der Waals surface area contributed by atoms with E-state index in [1.165, 1.54) is 24.3 Å². The van der Waals surface area contributed by atoms with Crippen LogP contribution in [0.2, 0.25) is 0 Å². The third kappa shape index (κ3) is 5.27. The molecule has 1 aliphatic carbocycles. The van der Waals surface area contributed by atoms with Gasteiger partial charge in [0.1, 0.15) is 11.8 Å². The topological polar surface area (TPSA) is 112 Å². The van der Waals surface area contributed by atoms with Crippen molar-refractivity contribution in [3.63, 3.8) is 0 Å². The number of alkyl halides is 3. The lowest BCUT2D eigenvalue weighted by molar-refractivity contribution is -0.153. The molecule has 2 unspecified atom stereocenters. The Morgan fingerprint density at radius 3 is 2.60 bits per heavy atom. The van der Waals surface area contributed by atoms with Crippen molar-refractivity contribution in [2.24, 2.45) is 11.8 Å². The van der Waals surface area contributed by atoms with Gasteiger partial charge in [0.25, 0.3) is 5.91 Å². The highest BCUT2D eigenvalue weighted by molar-refractivity contribution is 6.07. The van der Waals surface area contributed by atoms with Crippen molar-refractivity contribution in [1.82, 2.24) is 5.43 Å². The van der Waals surface area contributed by atoms with E-state index in [0.717, 1.165) is 11.1 Å². The Labute approximate surface area is 197 Å². The number of nitrogens with one attached hydrogen (secondary N) is 2. The van der Waals surface area contributed by atoms with Crippen molar-refractivity contribution in [2.45, 2.75) is 19.0 Å². The van der Waals surface area contributed by atoms with Gasteiger partial charge in [-0.1, -0.05) is 18.2 Å². The Morgan fingerprint density at radius 2 is 1.89 bits per heavy atom. The quantitative estimate of drug-likeness (QED) is 0.629. The molecule has 0 spiro atoms. The highest BCUT2D eigenvalue weighted by Gasteiger charge is 2.42. The molecule has 0 saturated carbocycles. The number of fused-ring (bicyclic) bond motifs is 1. The van der Waals surface area contributed by atoms with Crippen LogP contribution in [0.25, 0.3) is 0 Å². The van der Waals surface area contributed by atoms with E-state index in [4.69, 9.17) is 0 Å². The molecule has 180 valence electrons. The fraction of sp³-hybridized carbons (Fsp3) is 0.250. The number of amides is 3. The van der Waals surface area contributed by atoms with Crippen molar-refractivity contribution in [1.29, 1.82) is 5.26 Å². The molecule has 0 aromatic heterocycles. The molecular weight excluding hydrogens is 465 g/mol. The van der Waals surface area contributed by atoms with Crippen LogP contribution in [0.4, 0.5) is 24.5 Å². The number of carbonyl (C=O) groups excluding carboxylic acids is 3. The number of nitriles is 1. The first kappa shape index (κ1) is 23.8. The number of hydrogen-bond acceptors (Lipinski definition) is 5. The minimum Gasteiger partial charge on any atom is -0.483 e. The molecule has 35 heavy (non-hydrogen) atoms. The van der Waals surface area contributed by atoms with E-state index in [2.05, 4.69) is 15.5 Å². The Balaban J connectivity index is 1.50. The zero-order valence-corrected chi connectivity index (χ0v) is 18.1. The number of ether oxygens (including phenoxy) is 1. The van der Waals surface area contributed by atoms with E-state index in [0.29, 0.717) is 18.5 Å². The second kappa shape index (κ2) is 9.50. The van der Waals surface area contributed by atoms with Crippen LogP contribution in [0.1, 0.15) is 28.8 Å². The molecule has 1 aliphatic heterocycles. The van der Waals surface area contributed by atoms with E-state index in [1.54, 1.807) is 18.2 Å². The van der Waals surface area contributed by atoms with E-state index >= 15 is 0 Å². The minimum absolute atomic E-state index is 0.158. The molecule has 3 amide bonds. The summed E-state index contributed by atoms with van der Waals surface area (Å²) in [5, 5.41) is 12.9. The lowest BCUT2D eigenvalue weighted by Crippen LogP contribution is -2.59. The number of benzene rings is 2. The summed E-state index contributed by atoms with van der Waals surface area (Å²) in [4.78, 5) is 38.2. The maximum absolute atomic E-state index is 13.0. The molecule has 0 radical (unpaired) electrons. The maximum atomic E-state index is 13.0. The van der Waals surface area contributed by atoms with Gasteiger partial charge in [0.05, 0.1) is 23.1 Å². The Kier molecular flexibility index (Phi) is 6.46. The Morgan fingerprint density at radius 1 is 1.14 bits per heavy atom. The van der Waals surface area contributed by atoms with Crippen molar-refractivity contribution in [2.75, 3.05) is 16.9 Å². The standard InChI is InChI=1S/C24H19F3N4O4/c25-24(26,27)13-35-20-9-8-16(10-15(20)12-28)29-21(32)14-4-3-5-17(11-14)31-23(34)19-7-2-1-6-18(19)22(33)30-31/h1-5,8-11,18-19H,6-7,13H2,(H,29,32)(H,30,33). The second-order valence-corrected chi connectivity index (χ2v) is 8.04. The van der Waals surface area contributed by atoms with Crippen LogP contribution in [0, 0.1) is 23.2 Å². The molecule has 2 aromatic carbocycles. The summed E-state index contributed by atoms with van der Waals surface area (Å²) < 4.78 is 41.8. The summed E-state index contributed by atoms with van der Waals surface area (Å²) in [5.74, 6) is -2.30. The van der Waals surface area contributed by atoms with Gasteiger partial charge in [0, 0.05) is 11.3 Å². The zero-order valence-electron chi connectivity index (χ0n) is 18.1. The van der Waals surface area contributed by atoms with Crippen LogP contribution in [-0.2, 0) is 9.59 Å². The molecular formula is C24H19F3N4O4. The third-order valence-corrected chi connectivity index (χ3v) is 5.64. The smallest absolute Gasteiger partial charge is 0.422 e. The molecule has 2 aromatic rings. The maximum Gasteiger partial charge on any atom is 0.422 e. The largest absolute Gasteiger partial charge is 0.483 e. The van der Waals surface area contributed by atoms with Gasteiger partial charge in [0.2, 0.25) is 11.8 Å². The number of halogens is 3. The number of nitrogens with zero attached hydrogens (tertiary/aromatic N) is 2. The van der Waals surface area contributed by atoms with Crippen molar-refractivity contribution < 1.29 is 32.3 Å². The lowest BCUT2D eigenvalue weighted by atomic mass is 9.80. The minimum atomic E-state index is -4.56. The van der Waals surface area contributed by atoms with Crippen molar-refractivity contribution in [3.05, 3.63) is 65.7 Å². The first-order valence-electron chi connectivity index (χ1n) is 10.6. The normalized spacial score (nSPS) is 19.4. The first-order valence-corrected chi connectivity index (χ1v) is 10.6. The number of carbonyl (C=O) groups is 3. The highest BCUT2D eigenvalue weighted by Crippen LogP contribution is 2.32. The molecule has 1 heterocycles. The number of allylic oxidation sites excluding steroid dienone is 2. The number of hydrogen-bond donors (Lipinski definition) is 2. The summed E-state index contributed by atoms with van der Waals surface area (Å²) >= 11 is 0. The summed E-state index contributed by atoms with van der Waals surface area (Å²) in [6.45, 7) is -1.55. The summed E-state index contributed by atoms with van der Waals surface area (Å²) in [6.07, 6.45) is 0.130. The SMILES string of the molecule is N#Cc1cc(NC(=O)c2cccc(N3NC(=O)C4CC=CCC4C3=O)c2)ccc1OCC(F)(F)F. The average Bonchev–Trinajstić information content (AvgIpc) is 2.85. The van der Waals surface area contributed by atoms with Crippen molar-refractivity contribution >= 4 is 29.1 Å². The van der Waals surface area contributed by atoms with Gasteiger partial charge >= 0.3 is 6.18 Å². The van der Waals surface area contributed by atoms with Gasteiger partial charge in [0.15, 0.2) is 6.61 Å². The van der Waals surface area contributed by atoms with E-state index < -0.39 is 30.5 Å². The van der Waals surface area contributed by atoms with Gasteiger partial charge < -0.3 is 10.1 Å². The van der Waals surface area contributed by atoms with Crippen LogP contribution < -0.4 is 20.5 Å². The van der Waals surface area contributed by atoms with Crippen LogP contribution in [0.3, 0.4) is 0 Å². The van der Waals surface area contributed by atoms with E-state index in [1.807, 2.05) is 12.2 Å². The van der Waals surface area contributed by atoms with Gasteiger partial charge in [-0.25, -0.2) is 5.01 Å². The summed E-state index contributed by atoms with van der Waals surface area (Å²) in [6, 6.07) is 11.4. The van der Waals surface area contributed by atoms with Crippen molar-refractivity contribution in [3.8, 4) is 11.8 Å². The molecule has 1 saturated heterocycles. The monoisotopic (exact) mass is 484 g/mol. The predicted octanol–water partition coefficient (Wildman–Crippen LogP) is 3.71. The molecule has 2 atom stereocenters. The van der Waals surface area contributed by atoms with Gasteiger partial charge in [-0.3, -0.25) is 19.8 Å². The molecule has 11 heteroatoms.